The molecule has 0 aromatic heterocycles. The first kappa shape index (κ1) is 27.5. The summed E-state index contributed by atoms with van der Waals surface area (Å²) in [6.45, 7) is 0.681. The van der Waals surface area contributed by atoms with Crippen molar-refractivity contribution in [3.8, 4) is 0 Å². The predicted octanol–water partition coefficient (Wildman–Crippen LogP) is 4.27. The molecule has 33 heavy (non-hydrogen) atoms. The molecule has 0 unspecified atom stereocenters. The number of thiocarbonyl (C=S) groups is 1. The standard InChI is InChI=1S/C10H8ClFN2OS.C7H7ClFN.C3H3NOS2/c11-8-3-7(12)2-1-6(8)4-13-10-14-9(15)5-16-10;8-7-3-6(9)2-1-5(7)4-10;5-2-1-7-3(6)4-2/h1-3H,4-5H2,(H,13,14,15);1-3H,4,10H2;1H2,(H,4,5,6). The summed E-state index contributed by atoms with van der Waals surface area (Å²) in [4.78, 5) is 25.3. The Morgan fingerprint density at radius 2 is 1.48 bits per heavy atom. The third-order valence-electron chi connectivity index (χ3n) is 3.81. The lowest BCUT2D eigenvalue weighted by atomic mass is 10.2. The lowest BCUT2D eigenvalue weighted by Crippen LogP contribution is -2.20. The number of carbonyl (C=O) groups is 2. The molecule has 0 radical (unpaired) electrons. The minimum atomic E-state index is -0.370. The van der Waals surface area contributed by atoms with Crippen molar-refractivity contribution in [2.24, 2.45) is 10.7 Å². The molecule has 0 saturated carbocycles. The van der Waals surface area contributed by atoms with Crippen LogP contribution in [0, 0.1) is 11.6 Å². The van der Waals surface area contributed by atoms with E-state index in [1.807, 2.05) is 0 Å². The van der Waals surface area contributed by atoms with Gasteiger partial charge in [-0.05, 0) is 35.4 Å². The van der Waals surface area contributed by atoms with Gasteiger partial charge in [-0.15, -0.1) is 0 Å². The van der Waals surface area contributed by atoms with E-state index >= 15 is 0 Å². The molecule has 0 bridgehead atoms. The molecular weight excluding hydrogens is 533 g/mol. The molecule has 0 atom stereocenters. The van der Waals surface area contributed by atoms with E-state index in [0.717, 1.165) is 11.1 Å². The number of thioether (sulfide) groups is 2. The highest BCUT2D eigenvalue weighted by Gasteiger charge is 2.16. The zero-order valence-corrected chi connectivity index (χ0v) is 20.8. The van der Waals surface area contributed by atoms with Crippen molar-refractivity contribution in [2.45, 2.75) is 13.1 Å². The Morgan fingerprint density at radius 1 is 0.939 bits per heavy atom. The monoisotopic (exact) mass is 550 g/mol. The quantitative estimate of drug-likeness (QED) is 0.494. The normalized spacial score (nSPS) is 15.9. The smallest absolute Gasteiger partial charge is 0.236 e. The number of amidine groups is 1. The van der Waals surface area contributed by atoms with Crippen molar-refractivity contribution in [3.63, 3.8) is 0 Å². The predicted molar refractivity (Wildman–Crippen MR) is 136 cm³/mol. The number of rotatable bonds is 3. The number of benzene rings is 2. The summed E-state index contributed by atoms with van der Waals surface area (Å²) in [5.41, 5.74) is 6.79. The van der Waals surface area contributed by atoms with Gasteiger partial charge >= 0.3 is 0 Å². The van der Waals surface area contributed by atoms with Gasteiger partial charge in [-0.2, -0.15) is 0 Å². The van der Waals surface area contributed by atoms with E-state index in [2.05, 4.69) is 27.8 Å². The van der Waals surface area contributed by atoms with Gasteiger partial charge in [0.15, 0.2) is 5.17 Å². The summed E-state index contributed by atoms with van der Waals surface area (Å²) in [6, 6.07) is 8.35. The van der Waals surface area contributed by atoms with Gasteiger partial charge in [0.05, 0.1) is 18.1 Å². The lowest BCUT2D eigenvalue weighted by Gasteiger charge is -2.01. The molecule has 2 saturated heterocycles. The van der Waals surface area contributed by atoms with Crippen LogP contribution >= 0.6 is 58.9 Å². The molecule has 2 heterocycles. The van der Waals surface area contributed by atoms with Crippen LogP contribution in [0.3, 0.4) is 0 Å². The van der Waals surface area contributed by atoms with Crippen molar-refractivity contribution in [3.05, 3.63) is 69.2 Å². The van der Waals surface area contributed by atoms with Crippen molar-refractivity contribution in [1.82, 2.24) is 10.6 Å². The number of nitrogens with zero attached hydrogens (tertiary/aromatic N) is 1. The topological polar surface area (TPSA) is 96.6 Å². The van der Waals surface area contributed by atoms with E-state index in [9.17, 15) is 18.4 Å². The number of nitrogens with one attached hydrogen (secondary N) is 2. The third-order valence-corrected chi connectivity index (χ3v) is 6.65. The van der Waals surface area contributed by atoms with Gasteiger partial charge in [0.25, 0.3) is 0 Å². The van der Waals surface area contributed by atoms with Gasteiger partial charge in [0, 0.05) is 16.6 Å². The molecule has 4 rings (SSSR count). The first-order valence-electron chi connectivity index (χ1n) is 9.19. The Labute approximate surface area is 213 Å². The molecule has 2 aliphatic rings. The second-order valence-electron chi connectivity index (χ2n) is 6.26. The van der Waals surface area contributed by atoms with E-state index in [1.54, 1.807) is 12.1 Å². The molecule has 13 heteroatoms. The van der Waals surface area contributed by atoms with Gasteiger partial charge in [0.2, 0.25) is 11.8 Å². The number of carbonyl (C=O) groups excluding carboxylic acids is 2. The van der Waals surface area contributed by atoms with E-state index in [4.69, 9.17) is 28.9 Å². The van der Waals surface area contributed by atoms with Gasteiger partial charge in [0.1, 0.15) is 16.0 Å². The molecule has 176 valence electrons. The Balaban J connectivity index is 0.000000193. The number of nitrogens with two attached hydrogens (primary N) is 1. The molecule has 2 fully saturated rings. The van der Waals surface area contributed by atoms with Crippen molar-refractivity contribution in [1.29, 1.82) is 0 Å². The number of hydrogen-bond acceptors (Lipinski definition) is 7. The molecule has 0 spiro atoms. The first-order chi connectivity index (χ1) is 15.7. The maximum Gasteiger partial charge on any atom is 0.236 e. The zero-order chi connectivity index (χ0) is 24.4. The molecule has 2 aromatic carbocycles. The van der Waals surface area contributed by atoms with Crippen LogP contribution in [0.15, 0.2) is 41.4 Å². The summed E-state index contributed by atoms with van der Waals surface area (Å²) < 4.78 is 25.7. The van der Waals surface area contributed by atoms with Crippen LogP contribution in [0.4, 0.5) is 8.78 Å². The highest BCUT2D eigenvalue weighted by atomic mass is 35.5. The van der Waals surface area contributed by atoms with Crippen LogP contribution in [0.2, 0.25) is 10.0 Å². The molecule has 0 aliphatic carbocycles. The fourth-order valence-corrected chi connectivity index (χ4v) is 4.19. The Bertz CT molecular complexity index is 1060. The van der Waals surface area contributed by atoms with Crippen LogP contribution in [0.1, 0.15) is 11.1 Å². The Hall–Kier alpha value is -1.76. The van der Waals surface area contributed by atoms with E-state index in [-0.39, 0.29) is 23.4 Å². The van der Waals surface area contributed by atoms with E-state index < -0.39 is 0 Å². The van der Waals surface area contributed by atoms with Crippen molar-refractivity contribution < 1.29 is 18.4 Å². The fraction of sp³-hybridized carbons (Fsp3) is 0.200. The number of halogens is 4. The molecule has 2 amide bonds. The molecule has 2 aromatic rings. The van der Waals surface area contributed by atoms with Gasteiger partial charge < -0.3 is 16.4 Å². The molecular formula is C20H18Cl2F2N4O2S3. The van der Waals surface area contributed by atoms with Crippen LogP contribution in [-0.4, -0.2) is 32.8 Å². The van der Waals surface area contributed by atoms with Gasteiger partial charge in [-0.25, -0.2) is 8.78 Å². The number of aliphatic imine (C=N–C) groups is 1. The van der Waals surface area contributed by atoms with Crippen LogP contribution in [0.5, 0.6) is 0 Å². The Morgan fingerprint density at radius 3 is 1.88 bits per heavy atom. The van der Waals surface area contributed by atoms with Gasteiger partial charge in [-0.3, -0.25) is 14.6 Å². The highest BCUT2D eigenvalue weighted by Crippen LogP contribution is 2.19. The minimum absolute atomic E-state index is 0.0231. The highest BCUT2D eigenvalue weighted by molar-refractivity contribution is 8.24. The summed E-state index contributed by atoms with van der Waals surface area (Å²) >= 11 is 18.8. The lowest BCUT2D eigenvalue weighted by molar-refractivity contribution is -0.117. The fourth-order valence-electron chi connectivity index (χ4n) is 2.22. The minimum Gasteiger partial charge on any atom is -0.326 e. The summed E-state index contributed by atoms with van der Waals surface area (Å²) in [6.07, 6.45) is 0. The SMILES string of the molecule is NCc1ccc(F)cc1Cl.O=C1CSC(=NCc2ccc(F)cc2Cl)N1.O=C1CSC(=S)N1. The third kappa shape index (κ3) is 9.95. The number of hydrogen-bond donors (Lipinski definition) is 3. The average Bonchev–Trinajstić information content (AvgIpc) is 3.35. The first-order valence-corrected chi connectivity index (χ1v) is 12.3. The largest absolute Gasteiger partial charge is 0.326 e. The van der Waals surface area contributed by atoms with Crippen LogP contribution in [-0.2, 0) is 22.7 Å². The molecule has 6 nitrogen and oxygen atoms in total. The Kier molecular flexibility index (Phi) is 11.5. The summed E-state index contributed by atoms with van der Waals surface area (Å²) in [5, 5.41) is 6.41. The second kappa shape index (κ2) is 13.8. The van der Waals surface area contributed by atoms with Crippen molar-refractivity contribution in [2.75, 3.05) is 11.5 Å². The molecule has 4 N–H and O–H groups in total. The summed E-state index contributed by atoms with van der Waals surface area (Å²) in [5.74, 6) is 0.172. The van der Waals surface area contributed by atoms with Crippen LogP contribution in [0.25, 0.3) is 0 Å². The van der Waals surface area contributed by atoms with Crippen LogP contribution < -0.4 is 16.4 Å². The maximum atomic E-state index is 12.8. The van der Waals surface area contributed by atoms with E-state index in [1.165, 1.54) is 47.8 Å². The number of amides is 2. The van der Waals surface area contributed by atoms with E-state index in [0.29, 0.717) is 44.1 Å². The maximum absolute atomic E-state index is 12.8. The van der Waals surface area contributed by atoms with Gasteiger partial charge in [-0.1, -0.05) is 71.1 Å². The average molecular weight is 551 g/mol. The zero-order valence-electron chi connectivity index (χ0n) is 16.9. The second-order valence-corrected chi connectivity index (χ2v) is 9.69. The summed E-state index contributed by atoms with van der Waals surface area (Å²) in [7, 11) is 0. The van der Waals surface area contributed by atoms with Crippen molar-refractivity contribution >= 4 is 80.2 Å². The molecule has 2 aliphatic heterocycles.